The second-order valence-electron chi connectivity index (χ2n) is 5.63. The minimum absolute atomic E-state index is 0.245. The van der Waals surface area contributed by atoms with Crippen LogP contribution in [0.3, 0.4) is 0 Å². The van der Waals surface area contributed by atoms with Crippen LogP contribution in [0.1, 0.15) is 51.3 Å². The molecule has 0 saturated carbocycles. The summed E-state index contributed by atoms with van der Waals surface area (Å²) in [6.45, 7) is 7.54. The molecule has 0 aromatic carbocycles. The molecule has 1 aromatic rings. The quantitative estimate of drug-likeness (QED) is 0.885. The number of piperidine rings is 1. The maximum atomic E-state index is 5.97. The normalized spacial score (nSPS) is 21.2. The molecule has 0 spiro atoms. The van der Waals surface area contributed by atoms with Crippen molar-refractivity contribution in [1.29, 1.82) is 0 Å². The van der Waals surface area contributed by atoms with Gasteiger partial charge >= 0.3 is 0 Å². The summed E-state index contributed by atoms with van der Waals surface area (Å²) in [5.41, 5.74) is 7.58. The third-order valence-electron chi connectivity index (χ3n) is 4.97. The van der Waals surface area contributed by atoms with Gasteiger partial charge in [-0.2, -0.15) is 0 Å². The predicted molar refractivity (Wildman–Crippen MR) is 77.6 cm³/mol. The Kier molecular flexibility index (Phi) is 4.88. The fraction of sp³-hybridized carbons (Fsp3) is 0.733. The van der Waals surface area contributed by atoms with E-state index in [1.165, 1.54) is 25.7 Å². The molecule has 1 atom stereocenters. The number of nitrogens with zero attached hydrogens (tertiary/aromatic N) is 3. The Hall–Kier alpha value is -1.00. The lowest BCUT2D eigenvalue weighted by Crippen LogP contribution is -2.43. The Morgan fingerprint density at radius 3 is 2.47 bits per heavy atom. The Bertz CT molecular complexity index is 365. The van der Waals surface area contributed by atoms with Crippen LogP contribution < -0.4 is 5.73 Å². The molecule has 2 heterocycles. The molecule has 4 heteroatoms. The van der Waals surface area contributed by atoms with Gasteiger partial charge in [-0.15, -0.1) is 0 Å². The summed E-state index contributed by atoms with van der Waals surface area (Å²) in [4.78, 5) is 10.8. The Morgan fingerprint density at radius 2 is 2.00 bits per heavy atom. The first-order valence-corrected chi connectivity index (χ1v) is 7.44. The van der Waals surface area contributed by atoms with Crippen molar-refractivity contribution < 1.29 is 0 Å². The SMILES string of the molecule is CCC1(CC)CCN(C(CN)c2ccncn2)CC1. The van der Waals surface area contributed by atoms with Crippen molar-refractivity contribution >= 4 is 0 Å². The van der Waals surface area contributed by atoms with E-state index in [0.717, 1.165) is 18.8 Å². The largest absolute Gasteiger partial charge is 0.329 e. The summed E-state index contributed by atoms with van der Waals surface area (Å²) in [6.07, 6.45) is 8.56. The number of hydrogen-bond donors (Lipinski definition) is 1. The lowest BCUT2D eigenvalue weighted by Gasteiger charge is -2.43. The van der Waals surface area contributed by atoms with Crippen LogP contribution in [0.15, 0.2) is 18.6 Å². The van der Waals surface area contributed by atoms with Crippen molar-refractivity contribution in [3.05, 3.63) is 24.3 Å². The van der Waals surface area contributed by atoms with Crippen LogP contribution >= 0.6 is 0 Å². The highest BCUT2D eigenvalue weighted by Crippen LogP contribution is 2.39. The molecule has 0 aliphatic carbocycles. The second-order valence-corrected chi connectivity index (χ2v) is 5.63. The van der Waals surface area contributed by atoms with Gasteiger partial charge in [-0.1, -0.05) is 26.7 Å². The highest BCUT2D eigenvalue weighted by atomic mass is 15.2. The van der Waals surface area contributed by atoms with Gasteiger partial charge in [0, 0.05) is 12.7 Å². The average molecular weight is 262 g/mol. The lowest BCUT2D eigenvalue weighted by atomic mass is 9.74. The van der Waals surface area contributed by atoms with E-state index in [9.17, 15) is 0 Å². The summed E-state index contributed by atoms with van der Waals surface area (Å²) in [7, 11) is 0. The molecular formula is C15H26N4. The fourth-order valence-electron chi connectivity index (χ4n) is 3.22. The molecule has 1 aliphatic rings. The molecule has 0 amide bonds. The number of hydrogen-bond acceptors (Lipinski definition) is 4. The predicted octanol–water partition coefficient (Wildman–Crippen LogP) is 2.38. The van der Waals surface area contributed by atoms with Crippen molar-refractivity contribution in [3.63, 3.8) is 0 Å². The maximum absolute atomic E-state index is 5.97. The maximum Gasteiger partial charge on any atom is 0.115 e. The van der Waals surface area contributed by atoms with Gasteiger partial charge in [0.1, 0.15) is 6.33 Å². The van der Waals surface area contributed by atoms with Crippen molar-refractivity contribution in [2.75, 3.05) is 19.6 Å². The molecule has 106 valence electrons. The topological polar surface area (TPSA) is 55.0 Å². The Balaban J connectivity index is 2.03. The van der Waals surface area contributed by atoms with Gasteiger partial charge in [0.2, 0.25) is 0 Å². The molecule has 1 aliphatic heterocycles. The highest BCUT2D eigenvalue weighted by molar-refractivity contribution is 5.06. The summed E-state index contributed by atoms with van der Waals surface area (Å²) >= 11 is 0. The number of nitrogens with two attached hydrogens (primary N) is 1. The zero-order chi connectivity index (χ0) is 13.7. The lowest BCUT2D eigenvalue weighted by molar-refractivity contribution is 0.0667. The van der Waals surface area contributed by atoms with Crippen molar-refractivity contribution in [2.45, 2.75) is 45.6 Å². The van der Waals surface area contributed by atoms with Gasteiger partial charge in [-0.05, 0) is 37.4 Å². The van der Waals surface area contributed by atoms with E-state index < -0.39 is 0 Å². The summed E-state index contributed by atoms with van der Waals surface area (Å²) in [6, 6.07) is 2.23. The van der Waals surface area contributed by atoms with Crippen molar-refractivity contribution in [2.24, 2.45) is 11.1 Å². The van der Waals surface area contributed by atoms with Gasteiger partial charge in [0.05, 0.1) is 11.7 Å². The molecule has 4 nitrogen and oxygen atoms in total. The summed E-state index contributed by atoms with van der Waals surface area (Å²) in [5, 5.41) is 0. The molecule has 1 aromatic heterocycles. The zero-order valence-corrected chi connectivity index (χ0v) is 12.2. The van der Waals surface area contributed by atoms with E-state index in [1.54, 1.807) is 12.5 Å². The van der Waals surface area contributed by atoms with Crippen LogP contribution in [-0.4, -0.2) is 34.5 Å². The molecule has 1 fully saturated rings. The Morgan fingerprint density at radius 1 is 1.32 bits per heavy atom. The smallest absolute Gasteiger partial charge is 0.115 e. The van der Waals surface area contributed by atoms with Crippen LogP contribution in [0.25, 0.3) is 0 Å². The van der Waals surface area contributed by atoms with Crippen LogP contribution in [0, 0.1) is 5.41 Å². The van der Waals surface area contributed by atoms with Crippen molar-refractivity contribution in [3.8, 4) is 0 Å². The second kappa shape index (κ2) is 6.44. The first-order chi connectivity index (χ1) is 9.24. The van der Waals surface area contributed by atoms with E-state index in [1.807, 2.05) is 6.07 Å². The molecule has 2 N–H and O–H groups in total. The van der Waals surface area contributed by atoms with Gasteiger partial charge < -0.3 is 5.73 Å². The first-order valence-electron chi connectivity index (χ1n) is 7.44. The van der Waals surface area contributed by atoms with E-state index in [4.69, 9.17) is 5.73 Å². The molecular weight excluding hydrogens is 236 g/mol. The van der Waals surface area contributed by atoms with Crippen LogP contribution in [0.4, 0.5) is 0 Å². The number of aromatic nitrogens is 2. The van der Waals surface area contributed by atoms with Gasteiger partial charge in [0.15, 0.2) is 0 Å². The third-order valence-corrected chi connectivity index (χ3v) is 4.97. The number of likely N-dealkylation sites (tertiary alicyclic amines) is 1. The zero-order valence-electron chi connectivity index (χ0n) is 12.2. The summed E-state index contributed by atoms with van der Waals surface area (Å²) in [5.74, 6) is 0. The number of rotatable bonds is 5. The molecule has 0 radical (unpaired) electrons. The minimum Gasteiger partial charge on any atom is -0.329 e. The monoisotopic (exact) mass is 262 g/mol. The van der Waals surface area contributed by atoms with Gasteiger partial charge in [0.25, 0.3) is 0 Å². The first kappa shape index (κ1) is 14.4. The molecule has 2 rings (SSSR count). The van der Waals surface area contributed by atoms with E-state index >= 15 is 0 Å². The molecule has 1 saturated heterocycles. The summed E-state index contributed by atoms with van der Waals surface area (Å²) < 4.78 is 0. The fourth-order valence-corrected chi connectivity index (χ4v) is 3.22. The minimum atomic E-state index is 0.245. The molecule has 1 unspecified atom stereocenters. The van der Waals surface area contributed by atoms with Gasteiger partial charge in [-0.25, -0.2) is 9.97 Å². The van der Waals surface area contributed by atoms with Gasteiger partial charge in [-0.3, -0.25) is 4.90 Å². The van der Waals surface area contributed by atoms with E-state index in [-0.39, 0.29) is 6.04 Å². The average Bonchev–Trinajstić information content (AvgIpc) is 2.50. The Labute approximate surface area is 116 Å². The van der Waals surface area contributed by atoms with E-state index in [2.05, 4.69) is 28.7 Å². The van der Waals surface area contributed by atoms with Crippen LogP contribution in [0.2, 0.25) is 0 Å². The van der Waals surface area contributed by atoms with Crippen molar-refractivity contribution in [1.82, 2.24) is 14.9 Å². The third kappa shape index (κ3) is 3.12. The molecule has 0 bridgehead atoms. The van der Waals surface area contributed by atoms with E-state index in [0.29, 0.717) is 12.0 Å². The van der Waals surface area contributed by atoms with Crippen LogP contribution in [0.5, 0.6) is 0 Å². The molecule has 19 heavy (non-hydrogen) atoms. The standard InChI is InChI=1S/C15H26N4/c1-3-15(4-2)6-9-19(10-7-15)14(11-16)13-5-8-17-12-18-13/h5,8,12,14H,3-4,6-7,9-11,16H2,1-2H3. The van der Waals surface area contributed by atoms with Crippen LogP contribution in [-0.2, 0) is 0 Å². The highest BCUT2D eigenvalue weighted by Gasteiger charge is 2.33.